The van der Waals surface area contributed by atoms with E-state index in [1.54, 1.807) is 6.20 Å². The van der Waals surface area contributed by atoms with Gasteiger partial charge in [0.05, 0.1) is 24.0 Å². The van der Waals surface area contributed by atoms with E-state index in [9.17, 15) is 14.7 Å². The first kappa shape index (κ1) is 14.3. The molecule has 1 aromatic heterocycles. The van der Waals surface area contributed by atoms with Gasteiger partial charge in [0.25, 0.3) is 0 Å². The first-order chi connectivity index (χ1) is 9.62. The smallest absolute Gasteiger partial charge is 0.315 e. The lowest BCUT2D eigenvalue weighted by molar-refractivity contribution is -0.154. The minimum absolute atomic E-state index is 0.0977. The van der Waals surface area contributed by atoms with Gasteiger partial charge in [0, 0.05) is 26.0 Å². The highest BCUT2D eigenvalue weighted by Gasteiger charge is 2.40. The van der Waals surface area contributed by atoms with E-state index in [2.05, 4.69) is 20.6 Å². The molecule has 2 amide bonds. The Morgan fingerprint density at radius 3 is 2.75 bits per heavy atom. The standard InChI is InChI=1S/C12H18N4O4/c17-10(18)12(1-3-20-4-2-12)7-15-11(19)14-6-9-5-13-8-16-9/h5,8H,1-4,6-7H2,(H,13,16)(H,17,18)(H2,14,15,19). The summed E-state index contributed by atoms with van der Waals surface area (Å²) >= 11 is 0. The molecule has 20 heavy (non-hydrogen) atoms. The lowest BCUT2D eigenvalue weighted by Crippen LogP contribution is -2.48. The van der Waals surface area contributed by atoms with E-state index in [0.717, 1.165) is 5.69 Å². The van der Waals surface area contributed by atoms with Crippen molar-refractivity contribution in [1.29, 1.82) is 0 Å². The van der Waals surface area contributed by atoms with E-state index in [4.69, 9.17) is 4.74 Å². The second-order valence-corrected chi connectivity index (χ2v) is 4.81. The summed E-state index contributed by atoms with van der Waals surface area (Å²) in [5.74, 6) is -0.894. The molecule has 0 saturated carbocycles. The van der Waals surface area contributed by atoms with Crippen LogP contribution < -0.4 is 10.6 Å². The van der Waals surface area contributed by atoms with E-state index in [1.807, 2.05) is 0 Å². The van der Waals surface area contributed by atoms with Crippen molar-refractivity contribution in [1.82, 2.24) is 20.6 Å². The quantitative estimate of drug-likeness (QED) is 0.610. The molecule has 1 fully saturated rings. The number of carboxylic acids is 1. The molecule has 4 N–H and O–H groups in total. The Bertz CT molecular complexity index is 454. The Morgan fingerprint density at radius 2 is 2.15 bits per heavy atom. The van der Waals surface area contributed by atoms with E-state index in [-0.39, 0.29) is 6.54 Å². The molecule has 1 aliphatic rings. The number of aromatic amines is 1. The van der Waals surface area contributed by atoms with Gasteiger partial charge < -0.3 is 25.5 Å². The molecule has 1 aromatic rings. The summed E-state index contributed by atoms with van der Waals surface area (Å²) in [6, 6.07) is -0.397. The third-order valence-electron chi connectivity index (χ3n) is 3.49. The van der Waals surface area contributed by atoms with Gasteiger partial charge >= 0.3 is 12.0 Å². The zero-order valence-electron chi connectivity index (χ0n) is 11.0. The van der Waals surface area contributed by atoms with Gasteiger partial charge in [-0.15, -0.1) is 0 Å². The van der Waals surface area contributed by atoms with Crippen LogP contribution in [0, 0.1) is 5.41 Å². The monoisotopic (exact) mass is 282 g/mol. The fourth-order valence-electron chi connectivity index (χ4n) is 2.10. The van der Waals surface area contributed by atoms with Crippen LogP contribution in [-0.4, -0.2) is 46.8 Å². The van der Waals surface area contributed by atoms with E-state index in [1.165, 1.54) is 6.33 Å². The fraction of sp³-hybridized carbons (Fsp3) is 0.583. The number of hydrogen-bond acceptors (Lipinski definition) is 4. The first-order valence-corrected chi connectivity index (χ1v) is 6.42. The highest BCUT2D eigenvalue weighted by Crippen LogP contribution is 2.29. The van der Waals surface area contributed by atoms with Gasteiger partial charge in [-0.1, -0.05) is 0 Å². The molecule has 0 aliphatic carbocycles. The maximum Gasteiger partial charge on any atom is 0.315 e. The number of aliphatic carboxylic acids is 1. The van der Waals surface area contributed by atoms with Crippen molar-refractivity contribution in [3.05, 3.63) is 18.2 Å². The molecule has 0 bridgehead atoms. The second-order valence-electron chi connectivity index (χ2n) is 4.81. The Balaban J connectivity index is 1.80. The van der Waals surface area contributed by atoms with Crippen LogP contribution in [0.15, 0.2) is 12.5 Å². The molecule has 2 heterocycles. The van der Waals surface area contributed by atoms with E-state index in [0.29, 0.717) is 32.6 Å². The molecular formula is C12H18N4O4. The number of rotatable bonds is 5. The van der Waals surface area contributed by atoms with Crippen LogP contribution in [0.1, 0.15) is 18.5 Å². The summed E-state index contributed by atoms with van der Waals surface area (Å²) in [7, 11) is 0. The summed E-state index contributed by atoms with van der Waals surface area (Å²) in [4.78, 5) is 29.8. The molecule has 1 saturated heterocycles. The van der Waals surface area contributed by atoms with Gasteiger partial charge in [-0.05, 0) is 12.8 Å². The van der Waals surface area contributed by atoms with Crippen LogP contribution in [0.3, 0.4) is 0 Å². The molecule has 8 nitrogen and oxygen atoms in total. The van der Waals surface area contributed by atoms with Gasteiger partial charge in [-0.2, -0.15) is 0 Å². The molecule has 0 unspecified atom stereocenters. The normalized spacial score (nSPS) is 17.4. The fourth-order valence-corrected chi connectivity index (χ4v) is 2.10. The van der Waals surface area contributed by atoms with Gasteiger partial charge in [-0.3, -0.25) is 4.79 Å². The minimum atomic E-state index is -0.927. The van der Waals surface area contributed by atoms with E-state index < -0.39 is 17.4 Å². The van der Waals surface area contributed by atoms with Gasteiger partial charge in [0.1, 0.15) is 0 Å². The van der Waals surface area contributed by atoms with Crippen molar-refractivity contribution in [2.75, 3.05) is 19.8 Å². The van der Waals surface area contributed by atoms with Crippen molar-refractivity contribution in [3.8, 4) is 0 Å². The number of carboxylic acid groups (broad SMARTS) is 1. The number of nitrogens with one attached hydrogen (secondary N) is 3. The zero-order valence-corrected chi connectivity index (χ0v) is 11.0. The molecular weight excluding hydrogens is 264 g/mol. The van der Waals surface area contributed by atoms with Gasteiger partial charge in [0.2, 0.25) is 0 Å². The Labute approximate surface area is 115 Å². The molecule has 0 aromatic carbocycles. The third kappa shape index (κ3) is 3.47. The predicted molar refractivity (Wildman–Crippen MR) is 68.9 cm³/mol. The number of carbonyl (C=O) groups is 2. The molecule has 1 aliphatic heterocycles. The molecule has 110 valence electrons. The van der Waals surface area contributed by atoms with Gasteiger partial charge in [0.15, 0.2) is 0 Å². The number of nitrogens with zero attached hydrogens (tertiary/aromatic N) is 1. The van der Waals surface area contributed by atoms with Crippen LogP contribution >= 0.6 is 0 Å². The molecule has 2 rings (SSSR count). The summed E-state index contributed by atoms with van der Waals surface area (Å²) in [5, 5.41) is 14.6. The SMILES string of the molecule is O=C(NCc1cnc[nH]1)NCC1(C(=O)O)CCOCC1. The molecule has 0 spiro atoms. The number of urea groups is 1. The van der Waals surface area contributed by atoms with Crippen LogP contribution in [0.5, 0.6) is 0 Å². The van der Waals surface area contributed by atoms with E-state index >= 15 is 0 Å². The summed E-state index contributed by atoms with van der Waals surface area (Å²) < 4.78 is 5.18. The minimum Gasteiger partial charge on any atom is -0.481 e. The van der Waals surface area contributed by atoms with Crippen LogP contribution in [0.2, 0.25) is 0 Å². The summed E-state index contributed by atoms with van der Waals surface area (Å²) in [5.41, 5.74) is -0.150. The largest absolute Gasteiger partial charge is 0.481 e. The third-order valence-corrected chi connectivity index (χ3v) is 3.49. The highest BCUT2D eigenvalue weighted by atomic mass is 16.5. The van der Waals surface area contributed by atoms with Crippen LogP contribution in [0.4, 0.5) is 4.79 Å². The van der Waals surface area contributed by atoms with Crippen molar-refractivity contribution in [2.45, 2.75) is 19.4 Å². The van der Waals surface area contributed by atoms with Crippen molar-refractivity contribution < 1.29 is 19.4 Å². The number of carbonyl (C=O) groups excluding carboxylic acids is 1. The van der Waals surface area contributed by atoms with Crippen molar-refractivity contribution in [3.63, 3.8) is 0 Å². The lowest BCUT2D eigenvalue weighted by Gasteiger charge is -2.33. The molecule has 0 atom stereocenters. The number of ether oxygens (including phenoxy) is 1. The van der Waals surface area contributed by atoms with Crippen LogP contribution in [0.25, 0.3) is 0 Å². The maximum absolute atomic E-state index is 11.7. The summed E-state index contributed by atoms with van der Waals surface area (Å²) in [6.07, 6.45) is 3.94. The van der Waals surface area contributed by atoms with Crippen molar-refractivity contribution >= 4 is 12.0 Å². The number of H-pyrrole nitrogens is 1. The molecule has 8 heteroatoms. The topological polar surface area (TPSA) is 116 Å². The highest BCUT2D eigenvalue weighted by molar-refractivity contribution is 5.78. The number of aromatic nitrogens is 2. The van der Waals surface area contributed by atoms with Crippen LogP contribution in [-0.2, 0) is 16.1 Å². The second kappa shape index (κ2) is 6.38. The number of hydrogen-bond donors (Lipinski definition) is 4. The molecule has 0 radical (unpaired) electrons. The van der Waals surface area contributed by atoms with Gasteiger partial charge in [-0.25, -0.2) is 9.78 Å². The van der Waals surface area contributed by atoms with Crippen molar-refractivity contribution in [2.24, 2.45) is 5.41 Å². The first-order valence-electron chi connectivity index (χ1n) is 6.42. The lowest BCUT2D eigenvalue weighted by atomic mass is 9.80. The number of imidazole rings is 1. The Morgan fingerprint density at radius 1 is 1.40 bits per heavy atom. The maximum atomic E-state index is 11.7. The average Bonchev–Trinajstić information content (AvgIpc) is 2.97. The Kier molecular flexibility index (Phi) is 4.57. The Hall–Kier alpha value is -2.09. The zero-order chi connectivity index (χ0) is 14.4. The summed E-state index contributed by atoms with van der Waals surface area (Å²) in [6.45, 7) is 1.23. The predicted octanol–water partition coefficient (Wildman–Crippen LogP) is 0.0903. The average molecular weight is 282 g/mol. The number of amides is 2.